The number of amides is 1. The fourth-order valence-electron chi connectivity index (χ4n) is 1.89. The highest BCUT2D eigenvalue weighted by Crippen LogP contribution is 2.09. The summed E-state index contributed by atoms with van der Waals surface area (Å²) in [6.45, 7) is 2.88. The van der Waals surface area contributed by atoms with Gasteiger partial charge in [0.1, 0.15) is 0 Å². The number of nitrogens with one attached hydrogen (secondary N) is 1. The van der Waals surface area contributed by atoms with Gasteiger partial charge in [0, 0.05) is 24.5 Å². The number of carbonyl (C=O) groups is 1. The van der Waals surface area contributed by atoms with Crippen molar-refractivity contribution < 1.29 is 4.79 Å². The first-order chi connectivity index (χ1) is 9.31. The Hall–Kier alpha value is -2.10. The quantitative estimate of drug-likeness (QED) is 0.809. The second-order valence-corrected chi connectivity index (χ2v) is 4.46. The van der Waals surface area contributed by atoms with Crippen LogP contribution in [0.1, 0.15) is 36.5 Å². The molecule has 0 saturated carbocycles. The van der Waals surface area contributed by atoms with Gasteiger partial charge < -0.3 is 5.32 Å². The number of nitrogens with zero attached hydrogens (tertiary/aromatic N) is 2. The van der Waals surface area contributed by atoms with Crippen molar-refractivity contribution in [2.24, 2.45) is 0 Å². The zero-order valence-electron chi connectivity index (χ0n) is 11.2. The van der Waals surface area contributed by atoms with Gasteiger partial charge in [-0.05, 0) is 30.7 Å². The van der Waals surface area contributed by atoms with Gasteiger partial charge in [0.05, 0.1) is 5.69 Å². The number of unbranched alkanes of at least 4 members (excludes halogenated alkanes) is 2. The average Bonchev–Trinajstić information content (AvgIpc) is 2.98. The molecule has 0 saturated heterocycles. The van der Waals surface area contributed by atoms with E-state index in [1.54, 1.807) is 10.9 Å². The standard InChI is InChI=1S/C15H19N3O/c1-2-3-4-9-16-15(19)13-7-5-8-14(12-13)18-11-6-10-17-18/h5-8,10-12H,2-4,9H2,1H3,(H,16,19). The van der Waals surface area contributed by atoms with Gasteiger partial charge in [0.25, 0.3) is 5.91 Å². The molecule has 0 aliphatic rings. The summed E-state index contributed by atoms with van der Waals surface area (Å²) < 4.78 is 1.74. The second-order valence-electron chi connectivity index (χ2n) is 4.46. The Bertz CT molecular complexity index is 520. The minimum atomic E-state index is -0.0230. The number of rotatable bonds is 6. The summed E-state index contributed by atoms with van der Waals surface area (Å²) in [5.74, 6) is -0.0230. The van der Waals surface area contributed by atoms with Crippen LogP contribution < -0.4 is 5.32 Å². The van der Waals surface area contributed by atoms with E-state index in [0.717, 1.165) is 31.5 Å². The van der Waals surface area contributed by atoms with Crippen LogP contribution >= 0.6 is 0 Å². The first-order valence-corrected chi connectivity index (χ1v) is 6.69. The molecule has 1 amide bonds. The number of carbonyl (C=O) groups excluding carboxylic acids is 1. The molecule has 4 heteroatoms. The molecule has 0 fully saturated rings. The van der Waals surface area contributed by atoms with Crippen LogP contribution in [-0.4, -0.2) is 22.2 Å². The largest absolute Gasteiger partial charge is 0.352 e. The van der Waals surface area contributed by atoms with Crippen molar-refractivity contribution in [1.29, 1.82) is 0 Å². The summed E-state index contributed by atoms with van der Waals surface area (Å²) in [7, 11) is 0. The fourth-order valence-corrected chi connectivity index (χ4v) is 1.89. The van der Waals surface area contributed by atoms with Crippen LogP contribution in [0.3, 0.4) is 0 Å². The maximum atomic E-state index is 12.0. The molecule has 100 valence electrons. The van der Waals surface area contributed by atoms with E-state index in [4.69, 9.17) is 0 Å². The Morgan fingerprint density at radius 3 is 2.95 bits per heavy atom. The molecule has 0 aliphatic heterocycles. The Balaban J connectivity index is 2.00. The van der Waals surface area contributed by atoms with Crippen LogP contribution in [0.25, 0.3) is 5.69 Å². The Morgan fingerprint density at radius 2 is 2.21 bits per heavy atom. The maximum absolute atomic E-state index is 12.0. The van der Waals surface area contributed by atoms with E-state index in [1.165, 1.54) is 0 Å². The molecule has 1 N–H and O–H groups in total. The van der Waals surface area contributed by atoms with E-state index in [2.05, 4.69) is 17.3 Å². The van der Waals surface area contributed by atoms with E-state index in [0.29, 0.717) is 5.56 Å². The average molecular weight is 257 g/mol. The van der Waals surface area contributed by atoms with E-state index in [1.807, 2.05) is 36.5 Å². The van der Waals surface area contributed by atoms with Gasteiger partial charge >= 0.3 is 0 Å². The number of hydrogen-bond acceptors (Lipinski definition) is 2. The molecule has 19 heavy (non-hydrogen) atoms. The third-order valence-electron chi connectivity index (χ3n) is 2.94. The summed E-state index contributed by atoms with van der Waals surface area (Å²) in [6.07, 6.45) is 6.91. The monoisotopic (exact) mass is 257 g/mol. The zero-order chi connectivity index (χ0) is 13.5. The zero-order valence-corrected chi connectivity index (χ0v) is 11.2. The maximum Gasteiger partial charge on any atom is 0.251 e. The van der Waals surface area contributed by atoms with Crippen molar-refractivity contribution in [2.75, 3.05) is 6.54 Å². The number of hydrogen-bond donors (Lipinski definition) is 1. The first kappa shape index (κ1) is 13.3. The van der Waals surface area contributed by atoms with Gasteiger partial charge in [0.2, 0.25) is 0 Å². The van der Waals surface area contributed by atoms with Crippen molar-refractivity contribution >= 4 is 5.91 Å². The molecular weight excluding hydrogens is 238 g/mol. The van der Waals surface area contributed by atoms with Gasteiger partial charge in [-0.2, -0.15) is 5.10 Å². The molecule has 4 nitrogen and oxygen atoms in total. The van der Waals surface area contributed by atoms with Crippen LogP contribution in [0.5, 0.6) is 0 Å². The van der Waals surface area contributed by atoms with Crippen LogP contribution in [0.2, 0.25) is 0 Å². The lowest BCUT2D eigenvalue weighted by molar-refractivity contribution is 0.0953. The van der Waals surface area contributed by atoms with Gasteiger partial charge in [-0.15, -0.1) is 0 Å². The summed E-state index contributed by atoms with van der Waals surface area (Å²) >= 11 is 0. The predicted molar refractivity (Wildman–Crippen MR) is 75.4 cm³/mol. The minimum Gasteiger partial charge on any atom is -0.352 e. The smallest absolute Gasteiger partial charge is 0.251 e. The van der Waals surface area contributed by atoms with Crippen molar-refractivity contribution in [1.82, 2.24) is 15.1 Å². The second kappa shape index (κ2) is 6.73. The highest BCUT2D eigenvalue weighted by atomic mass is 16.1. The lowest BCUT2D eigenvalue weighted by Crippen LogP contribution is -2.24. The molecule has 0 radical (unpaired) electrons. The lowest BCUT2D eigenvalue weighted by Gasteiger charge is -2.07. The highest BCUT2D eigenvalue weighted by molar-refractivity contribution is 5.94. The SMILES string of the molecule is CCCCCNC(=O)c1cccc(-n2cccn2)c1. The van der Waals surface area contributed by atoms with Crippen LogP contribution in [0, 0.1) is 0 Å². The minimum absolute atomic E-state index is 0.0230. The Labute approximate surface area is 113 Å². The molecular formula is C15H19N3O. The molecule has 0 unspecified atom stereocenters. The van der Waals surface area contributed by atoms with Crippen LogP contribution in [-0.2, 0) is 0 Å². The topological polar surface area (TPSA) is 46.9 Å². The summed E-state index contributed by atoms with van der Waals surface area (Å²) in [5.41, 5.74) is 1.57. The van der Waals surface area contributed by atoms with Gasteiger partial charge in [0.15, 0.2) is 0 Å². The van der Waals surface area contributed by atoms with Crippen molar-refractivity contribution in [2.45, 2.75) is 26.2 Å². The summed E-state index contributed by atoms with van der Waals surface area (Å²) in [5, 5.41) is 7.10. The summed E-state index contributed by atoms with van der Waals surface area (Å²) in [6, 6.07) is 9.33. The van der Waals surface area contributed by atoms with Gasteiger partial charge in [-0.1, -0.05) is 25.8 Å². The number of benzene rings is 1. The molecule has 1 heterocycles. The molecule has 1 aromatic heterocycles. The third-order valence-corrected chi connectivity index (χ3v) is 2.94. The molecule has 0 spiro atoms. The van der Waals surface area contributed by atoms with Crippen molar-refractivity contribution in [3.05, 3.63) is 48.3 Å². The van der Waals surface area contributed by atoms with E-state index in [9.17, 15) is 4.79 Å². The van der Waals surface area contributed by atoms with Gasteiger partial charge in [-0.3, -0.25) is 4.79 Å². The van der Waals surface area contributed by atoms with E-state index < -0.39 is 0 Å². The first-order valence-electron chi connectivity index (χ1n) is 6.69. The molecule has 0 bridgehead atoms. The fraction of sp³-hybridized carbons (Fsp3) is 0.333. The van der Waals surface area contributed by atoms with Crippen molar-refractivity contribution in [3.63, 3.8) is 0 Å². The predicted octanol–water partition coefficient (Wildman–Crippen LogP) is 2.79. The third kappa shape index (κ3) is 3.68. The van der Waals surface area contributed by atoms with E-state index >= 15 is 0 Å². The molecule has 1 aromatic carbocycles. The Kier molecular flexibility index (Phi) is 4.72. The normalized spacial score (nSPS) is 10.4. The van der Waals surface area contributed by atoms with Crippen LogP contribution in [0.4, 0.5) is 0 Å². The van der Waals surface area contributed by atoms with Gasteiger partial charge in [-0.25, -0.2) is 4.68 Å². The molecule has 2 rings (SSSR count). The lowest BCUT2D eigenvalue weighted by atomic mass is 10.2. The van der Waals surface area contributed by atoms with Crippen molar-refractivity contribution in [3.8, 4) is 5.69 Å². The Morgan fingerprint density at radius 1 is 1.32 bits per heavy atom. The molecule has 0 aliphatic carbocycles. The molecule has 0 atom stereocenters. The molecule has 2 aromatic rings. The van der Waals surface area contributed by atoms with E-state index in [-0.39, 0.29) is 5.91 Å². The summed E-state index contributed by atoms with van der Waals surface area (Å²) in [4.78, 5) is 12.0. The number of aromatic nitrogens is 2. The van der Waals surface area contributed by atoms with Crippen LogP contribution in [0.15, 0.2) is 42.7 Å². The highest BCUT2D eigenvalue weighted by Gasteiger charge is 2.06.